The number of nitrogens with one attached hydrogen (secondary N) is 2. The lowest BCUT2D eigenvalue weighted by atomic mass is 10.1. The largest absolute Gasteiger partial charge is 0.367 e. The van der Waals surface area contributed by atoms with Crippen LogP contribution in [0.5, 0.6) is 0 Å². The highest BCUT2D eigenvalue weighted by atomic mass is 35.5. The molecule has 0 aliphatic carbocycles. The molecule has 0 aliphatic rings. The molecule has 0 saturated carbocycles. The molecule has 7 heteroatoms. The summed E-state index contributed by atoms with van der Waals surface area (Å²) in [5.74, 6) is -1.28. The molecule has 5 nitrogen and oxygen atoms in total. The van der Waals surface area contributed by atoms with Gasteiger partial charge in [-0.25, -0.2) is 4.39 Å². The number of halogens is 2. The predicted octanol–water partition coefficient (Wildman–Crippen LogP) is 2.39. The molecule has 0 bridgehead atoms. The molecule has 2 amide bonds. The zero-order chi connectivity index (χ0) is 17.4. The summed E-state index contributed by atoms with van der Waals surface area (Å²) in [6.07, 6.45) is 0.0288. The number of hydrazine groups is 1. The average molecular weight is 351 g/mol. The lowest BCUT2D eigenvalue weighted by molar-refractivity contribution is -0.131. The third-order valence-electron chi connectivity index (χ3n) is 3.07. The minimum Gasteiger partial charge on any atom is -0.367 e. The first-order chi connectivity index (χ1) is 11.5. The highest BCUT2D eigenvalue weighted by Gasteiger charge is 2.07. The minimum absolute atomic E-state index is 0.0288. The molecule has 126 valence electrons. The molecule has 2 N–H and O–H groups in total. The minimum atomic E-state index is -0.491. The quantitative estimate of drug-likeness (QED) is 0.786. The van der Waals surface area contributed by atoms with Gasteiger partial charge in [0.1, 0.15) is 12.4 Å². The van der Waals surface area contributed by atoms with Crippen molar-refractivity contribution in [3.05, 3.63) is 70.5 Å². The Morgan fingerprint density at radius 2 is 1.67 bits per heavy atom. The number of carbonyl (C=O) groups excluding carboxylic acids is 2. The molecule has 0 atom stereocenters. The van der Waals surface area contributed by atoms with Crippen molar-refractivity contribution in [1.29, 1.82) is 0 Å². The van der Waals surface area contributed by atoms with Crippen LogP contribution in [-0.4, -0.2) is 18.4 Å². The van der Waals surface area contributed by atoms with Gasteiger partial charge < -0.3 is 4.74 Å². The molecule has 2 rings (SSSR count). The van der Waals surface area contributed by atoms with Crippen molar-refractivity contribution in [1.82, 2.24) is 10.9 Å². The highest BCUT2D eigenvalue weighted by Crippen LogP contribution is 2.15. The average Bonchev–Trinajstić information content (AvgIpc) is 2.57. The van der Waals surface area contributed by atoms with E-state index < -0.39 is 11.8 Å². The van der Waals surface area contributed by atoms with Crippen LogP contribution < -0.4 is 10.9 Å². The van der Waals surface area contributed by atoms with Gasteiger partial charge in [-0.3, -0.25) is 20.4 Å². The van der Waals surface area contributed by atoms with Crippen LogP contribution in [0.2, 0.25) is 5.02 Å². The van der Waals surface area contributed by atoms with E-state index in [1.54, 1.807) is 18.2 Å². The van der Waals surface area contributed by atoms with Crippen molar-refractivity contribution < 1.29 is 18.7 Å². The van der Waals surface area contributed by atoms with E-state index in [0.29, 0.717) is 10.6 Å². The van der Waals surface area contributed by atoms with Gasteiger partial charge in [0.05, 0.1) is 13.0 Å². The summed E-state index contributed by atoms with van der Waals surface area (Å²) in [5.41, 5.74) is 5.92. The van der Waals surface area contributed by atoms with Gasteiger partial charge in [-0.2, -0.15) is 0 Å². The van der Waals surface area contributed by atoms with Crippen molar-refractivity contribution in [3.8, 4) is 0 Å². The molecule has 0 heterocycles. The van der Waals surface area contributed by atoms with Crippen LogP contribution in [0.1, 0.15) is 11.1 Å². The first kappa shape index (κ1) is 17.9. The van der Waals surface area contributed by atoms with E-state index in [4.69, 9.17) is 16.3 Å². The van der Waals surface area contributed by atoms with Crippen LogP contribution in [-0.2, 0) is 27.4 Å². The van der Waals surface area contributed by atoms with E-state index in [0.717, 1.165) is 5.56 Å². The third-order valence-corrected chi connectivity index (χ3v) is 3.44. The smallest absolute Gasteiger partial charge is 0.264 e. The maximum atomic E-state index is 12.8. The molecule has 0 radical (unpaired) electrons. The molecule has 0 unspecified atom stereocenters. The SMILES string of the molecule is O=C(COCc1ccccc1Cl)NNC(=O)Cc1ccc(F)cc1. The van der Waals surface area contributed by atoms with Gasteiger partial charge in [0.25, 0.3) is 5.91 Å². The van der Waals surface area contributed by atoms with Crippen molar-refractivity contribution in [2.24, 2.45) is 0 Å². The van der Waals surface area contributed by atoms with Crippen LogP contribution in [0.25, 0.3) is 0 Å². The summed E-state index contributed by atoms with van der Waals surface area (Å²) in [6.45, 7) is -0.0291. The summed E-state index contributed by atoms with van der Waals surface area (Å²) < 4.78 is 18.0. The van der Waals surface area contributed by atoms with Gasteiger partial charge in [-0.15, -0.1) is 0 Å². The fourth-order valence-corrected chi connectivity index (χ4v) is 2.07. The number of ether oxygens (including phenoxy) is 1. The van der Waals surface area contributed by atoms with Crippen molar-refractivity contribution in [2.45, 2.75) is 13.0 Å². The molecule has 0 saturated heterocycles. The number of hydrogen-bond donors (Lipinski definition) is 2. The summed E-state index contributed by atoms with van der Waals surface area (Å²) in [6, 6.07) is 12.7. The second-order valence-corrected chi connectivity index (χ2v) is 5.39. The van der Waals surface area contributed by atoms with Crippen LogP contribution in [0.4, 0.5) is 4.39 Å². The zero-order valence-corrected chi connectivity index (χ0v) is 13.5. The van der Waals surface area contributed by atoms with E-state index in [2.05, 4.69) is 10.9 Å². The maximum Gasteiger partial charge on any atom is 0.264 e. The summed E-state index contributed by atoms with van der Waals surface area (Å²) in [5, 5.41) is 0.561. The molecular weight excluding hydrogens is 335 g/mol. The van der Waals surface area contributed by atoms with Crippen LogP contribution >= 0.6 is 11.6 Å². The number of rotatable bonds is 6. The van der Waals surface area contributed by atoms with E-state index in [1.807, 2.05) is 6.07 Å². The summed E-state index contributed by atoms with van der Waals surface area (Å²) in [4.78, 5) is 23.3. The van der Waals surface area contributed by atoms with E-state index in [9.17, 15) is 14.0 Å². The Morgan fingerprint density at radius 3 is 2.38 bits per heavy atom. The molecular formula is C17H16ClFN2O3. The number of hydrogen-bond acceptors (Lipinski definition) is 3. The Hall–Kier alpha value is -2.44. The second-order valence-electron chi connectivity index (χ2n) is 4.98. The Morgan fingerprint density at radius 1 is 1.00 bits per heavy atom. The van der Waals surface area contributed by atoms with Crippen molar-refractivity contribution >= 4 is 23.4 Å². The Labute approximate surface area is 143 Å². The fraction of sp³-hybridized carbons (Fsp3) is 0.176. The number of amides is 2. The van der Waals surface area contributed by atoms with Gasteiger partial charge in [0.2, 0.25) is 5.91 Å². The molecule has 2 aromatic carbocycles. The number of benzene rings is 2. The molecule has 0 fully saturated rings. The molecule has 0 aliphatic heterocycles. The van der Waals surface area contributed by atoms with Crippen LogP contribution in [0.15, 0.2) is 48.5 Å². The standard InChI is InChI=1S/C17H16ClFN2O3/c18-15-4-2-1-3-13(15)10-24-11-17(23)21-20-16(22)9-12-5-7-14(19)8-6-12/h1-8H,9-11H2,(H,20,22)(H,21,23). The second kappa shape index (κ2) is 9.00. The zero-order valence-electron chi connectivity index (χ0n) is 12.7. The molecule has 0 aromatic heterocycles. The van der Waals surface area contributed by atoms with Gasteiger partial charge in [-0.05, 0) is 29.3 Å². The summed E-state index contributed by atoms with van der Waals surface area (Å²) >= 11 is 5.97. The van der Waals surface area contributed by atoms with Crippen molar-refractivity contribution in [2.75, 3.05) is 6.61 Å². The van der Waals surface area contributed by atoms with Crippen LogP contribution in [0, 0.1) is 5.82 Å². The van der Waals surface area contributed by atoms with Gasteiger partial charge in [0.15, 0.2) is 0 Å². The first-order valence-electron chi connectivity index (χ1n) is 7.18. The van der Waals surface area contributed by atoms with E-state index in [-0.39, 0.29) is 25.5 Å². The maximum absolute atomic E-state index is 12.8. The monoisotopic (exact) mass is 350 g/mol. The summed E-state index contributed by atoms with van der Waals surface area (Å²) in [7, 11) is 0. The topological polar surface area (TPSA) is 67.4 Å². The van der Waals surface area contributed by atoms with E-state index in [1.165, 1.54) is 24.3 Å². The Balaban J connectivity index is 1.66. The lowest BCUT2D eigenvalue weighted by Gasteiger charge is -2.09. The molecule has 2 aromatic rings. The Kier molecular flexibility index (Phi) is 6.72. The van der Waals surface area contributed by atoms with Gasteiger partial charge >= 0.3 is 0 Å². The number of carbonyl (C=O) groups is 2. The normalized spacial score (nSPS) is 10.2. The predicted molar refractivity (Wildman–Crippen MR) is 87.5 cm³/mol. The van der Waals surface area contributed by atoms with Crippen molar-refractivity contribution in [3.63, 3.8) is 0 Å². The van der Waals surface area contributed by atoms with Crippen LogP contribution in [0.3, 0.4) is 0 Å². The molecule has 0 spiro atoms. The van der Waals surface area contributed by atoms with E-state index >= 15 is 0 Å². The third kappa shape index (κ3) is 5.98. The highest BCUT2D eigenvalue weighted by molar-refractivity contribution is 6.31. The van der Waals surface area contributed by atoms with Gasteiger partial charge in [-0.1, -0.05) is 41.9 Å². The molecule has 24 heavy (non-hydrogen) atoms. The van der Waals surface area contributed by atoms with Gasteiger partial charge in [0, 0.05) is 5.02 Å². The Bertz CT molecular complexity index is 707. The first-order valence-corrected chi connectivity index (χ1v) is 7.55. The fourth-order valence-electron chi connectivity index (χ4n) is 1.88. The lowest BCUT2D eigenvalue weighted by Crippen LogP contribution is -2.44.